The Hall–Kier alpha value is -2.45. The van der Waals surface area contributed by atoms with Crippen molar-refractivity contribution in [2.75, 3.05) is 17.2 Å². The summed E-state index contributed by atoms with van der Waals surface area (Å²) in [6, 6.07) is 12.1. The zero-order chi connectivity index (χ0) is 20.7. The van der Waals surface area contributed by atoms with E-state index >= 15 is 0 Å². The maximum absolute atomic E-state index is 12.4. The zero-order valence-electron chi connectivity index (χ0n) is 15.8. The van der Waals surface area contributed by atoms with Crippen LogP contribution in [0.15, 0.2) is 46.9 Å². The Morgan fingerprint density at radius 1 is 1.07 bits per heavy atom. The van der Waals surface area contributed by atoms with Gasteiger partial charge in [-0.3, -0.25) is 14.9 Å². The minimum atomic E-state index is -0.331. The highest BCUT2D eigenvalue weighted by atomic mass is 79.9. The van der Waals surface area contributed by atoms with Gasteiger partial charge in [0.25, 0.3) is 5.91 Å². The van der Waals surface area contributed by atoms with Crippen LogP contribution >= 0.6 is 28.1 Å². The first-order valence-corrected chi connectivity index (χ1v) is 9.96. The topological polar surface area (TPSA) is 79.5 Å². The number of hydrogen-bond acceptors (Lipinski definition) is 4. The number of rotatable bonds is 6. The third kappa shape index (κ3) is 6.31. The summed E-state index contributed by atoms with van der Waals surface area (Å²) in [4.78, 5) is 24.1. The lowest BCUT2D eigenvalue weighted by molar-refractivity contribution is -0.118. The molecule has 0 unspecified atom stereocenters. The van der Waals surface area contributed by atoms with Gasteiger partial charge in [-0.15, -0.1) is 0 Å². The van der Waals surface area contributed by atoms with E-state index in [9.17, 15) is 9.59 Å². The summed E-state index contributed by atoms with van der Waals surface area (Å²) in [7, 11) is 0. The van der Waals surface area contributed by atoms with Crippen LogP contribution in [0.4, 0.5) is 11.4 Å². The van der Waals surface area contributed by atoms with E-state index in [1.165, 1.54) is 0 Å². The fourth-order valence-corrected chi connectivity index (χ4v) is 2.88. The highest BCUT2D eigenvalue weighted by Gasteiger charge is 2.11. The van der Waals surface area contributed by atoms with Crippen molar-refractivity contribution >= 4 is 56.4 Å². The minimum Gasteiger partial charge on any atom is -0.493 e. The van der Waals surface area contributed by atoms with Crippen LogP contribution in [-0.2, 0) is 4.79 Å². The summed E-state index contributed by atoms with van der Waals surface area (Å²) in [5, 5.41) is 8.56. The van der Waals surface area contributed by atoms with Crippen molar-refractivity contribution in [1.29, 1.82) is 0 Å². The molecule has 6 nitrogen and oxygen atoms in total. The number of halogens is 1. The van der Waals surface area contributed by atoms with Crippen molar-refractivity contribution in [2.24, 2.45) is 5.92 Å². The maximum Gasteiger partial charge on any atom is 0.257 e. The van der Waals surface area contributed by atoms with Crippen LogP contribution in [0.5, 0.6) is 5.75 Å². The molecule has 0 aliphatic carbocycles. The Bertz CT molecular complexity index is 869. The van der Waals surface area contributed by atoms with E-state index in [0.717, 1.165) is 0 Å². The van der Waals surface area contributed by atoms with Crippen LogP contribution in [0.3, 0.4) is 0 Å². The normalized spacial score (nSPS) is 10.3. The van der Waals surface area contributed by atoms with Gasteiger partial charge in [-0.1, -0.05) is 13.8 Å². The Labute approximate surface area is 178 Å². The van der Waals surface area contributed by atoms with E-state index in [2.05, 4.69) is 31.9 Å². The van der Waals surface area contributed by atoms with Gasteiger partial charge in [0.05, 0.1) is 11.1 Å². The molecule has 0 radical (unpaired) electrons. The Kier molecular flexibility index (Phi) is 7.95. The third-order valence-corrected chi connectivity index (χ3v) is 4.48. The first kappa shape index (κ1) is 21.8. The highest BCUT2D eigenvalue weighted by Crippen LogP contribution is 2.26. The molecule has 2 aromatic rings. The molecule has 2 amide bonds. The molecule has 3 N–H and O–H groups in total. The number of nitrogens with one attached hydrogen (secondary N) is 3. The molecule has 0 saturated heterocycles. The van der Waals surface area contributed by atoms with Gasteiger partial charge in [-0.2, -0.15) is 0 Å². The van der Waals surface area contributed by atoms with Gasteiger partial charge >= 0.3 is 0 Å². The van der Waals surface area contributed by atoms with E-state index in [-0.39, 0.29) is 22.8 Å². The van der Waals surface area contributed by atoms with E-state index in [0.29, 0.717) is 33.8 Å². The SMILES string of the molecule is CCOc1ccc(C(=O)NC(=S)Nc2ccc(NC(=O)C(C)C)cc2)cc1Br. The lowest BCUT2D eigenvalue weighted by atomic mass is 10.2. The molecule has 0 aliphatic rings. The molecular formula is C20H22BrN3O3S. The van der Waals surface area contributed by atoms with E-state index < -0.39 is 0 Å². The monoisotopic (exact) mass is 463 g/mol. The van der Waals surface area contributed by atoms with Gasteiger partial charge in [-0.05, 0) is 77.5 Å². The Morgan fingerprint density at radius 3 is 2.21 bits per heavy atom. The summed E-state index contributed by atoms with van der Waals surface area (Å²) in [5.41, 5.74) is 1.84. The Morgan fingerprint density at radius 2 is 1.68 bits per heavy atom. The Balaban J connectivity index is 1.93. The van der Waals surface area contributed by atoms with Crippen LogP contribution in [0.1, 0.15) is 31.1 Å². The van der Waals surface area contributed by atoms with Crippen LogP contribution in [-0.4, -0.2) is 23.5 Å². The van der Waals surface area contributed by atoms with E-state index in [1.807, 2.05) is 20.8 Å². The second-order valence-electron chi connectivity index (χ2n) is 6.21. The maximum atomic E-state index is 12.4. The lowest BCUT2D eigenvalue weighted by Gasteiger charge is -2.12. The number of ether oxygens (including phenoxy) is 1. The van der Waals surface area contributed by atoms with E-state index in [1.54, 1.807) is 42.5 Å². The van der Waals surface area contributed by atoms with Crippen molar-refractivity contribution in [3.63, 3.8) is 0 Å². The lowest BCUT2D eigenvalue weighted by Crippen LogP contribution is -2.34. The quantitative estimate of drug-likeness (QED) is 0.546. The second-order valence-corrected chi connectivity index (χ2v) is 7.47. The van der Waals surface area contributed by atoms with Crippen molar-refractivity contribution in [1.82, 2.24) is 5.32 Å². The second kappa shape index (κ2) is 10.2. The van der Waals surface area contributed by atoms with Crippen molar-refractivity contribution in [3.05, 3.63) is 52.5 Å². The molecule has 8 heteroatoms. The van der Waals surface area contributed by atoms with Gasteiger partial charge in [0, 0.05) is 22.9 Å². The van der Waals surface area contributed by atoms with Gasteiger partial charge in [0.15, 0.2) is 5.11 Å². The summed E-state index contributed by atoms with van der Waals surface area (Å²) in [5.74, 6) is 0.194. The molecule has 0 heterocycles. The molecule has 0 saturated carbocycles. The van der Waals surface area contributed by atoms with Crippen LogP contribution in [0, 0.1) is 5.92 Å². The molecule has 2 rings (SSSR count). The fraction of sp³-hybridized carbons (Fsp3) is 0.250. The average molecular weight is 464 g/mol. The van der Waals surface area contributed by atoms with Crippen molar-refractivity contribution < 1.29 is 14.3 Å². The van der Waals surface area contributed by atoms with Crippen LogP contribution in [0.25, 0.3) is 0 Å². The molecule has 148 valence electrons. The van der Waals surface area contributed by atoms with Gasteiger partial charge in [0.2, 0.25) is 5.91 Å². The molecule has 0 spiro atoms. The van der Waals surface area contributed by atoms with Crippen LogP contribution < -0.4 is 20.7 Å². The summed E-state index contributed by atoms with van der Waals surface area (Å²) < 4.78 is 6.13. The number of carbonyl (C=O) groups is 2. The fourth-order valence-electron chi connectivity index (χ4n) is 2.18. The summed E-state index contributed by atoms with van der Waals surface area (Å²) in [6.07, 6.45) is 0. The number of hydrogen-bond donors (Lipinski definition) is 3. The zero-order valence-corrected chi connectivity index (χ0v) is 18.2. The molecule has 28 heavy (non-hydrogen) atoms. The van der Waals surface area contributed by atoms with Crippen molar-refractivity contribution in [3.8, 4) is 5.75 Å². The number of amides is 2. The predicted octanol–water partition coefficient (Wildman–Crippen LogP) is 4.57. The number of anilines is 2. The van der Waals surface area contributed by atoms with Crippen LogP contribution in [0.2, 0.25) is 0 Å². The molecule has 0 fully saturated rings. The largest absolute Gasteiger partial charge is 0.493 e. The van der Waals surface area contributed by atoms with Gasteiger partial charge < -0.3 is 15.4 Å². The molecular weight excluding hydrogens is 442 g/mol. The molecule has 0 bridgehead atoms. The van der Waals surface area contributed by atoms with Gasteiger partial charge in [-0.25, -0.2) is 0 Å². The predicted molar refractivity (Wildman–Crippen MR) is 119 cm³/mol. The summed E-state index contributed by atoms with van der Waals surface area (Å²) in [6.45, 7) is 6.09. The average Bonchev–Trinajstić information content (AvgIpc) is 2.64. The molecule has 0 aromatic heterocycles. The van der Waals surface area contributed by atoms with Crippen molar-refractivity contribution in [2.45, 2.75) is 20.8 Å². The molecule has 0 atom stereocenters. The smallest absolute Gasteiger partial charge is 0.257 e. The third-order valence-electron chi connectivity index (χ3n) is 3.66. The first-order chi connectivity index (χ1) is 13.3. The number of carbonyl (C=O) groups excluding carboxylic acids is 2. The number of thiocarbonyl (C=S) groups is 1. The van der Waals surface area contributed by atoms with Gasteiger partial charge in [0.1, 0.15) is 5.75 Å². The summed E-state index contributed by atoms with van der Waals surface area (Å²) >= 11 is 8.59. The van der Waals surface area contributed by atoms with E-state index in [4.69, 9.17) is 17.0 Å². The minimum absolute atomic E-state index is 0.0509. The standard InChI is InChI=1S/C20H22BrN3O3S/c1-4-27-17-10-5-13(11-16(17)21)19(26)24-20(28)23-15-8-6-14(7-9-15)22-18(25)12(2)3/h5-12H,4H2,1-3H3,(H,22,25)(H2,23,24,26,28). The molecule has 0 aliphatic heterocycles. The highest BCUT2D eigenvalue weighted by molar-refractivity contribution is 9.10. The molecule has 2 aromatic carbocycles. The first-order valence-electron chi connectivity index (χ1n) is 8.75. The number of benzene rings is 2.